The van der Waals surface area contributed by atoms with Crippen molar-refractivity contribution < 1.29 is 23.8 Å². The number of rotatable bonds is 5. The molecular formula is C23H20FNO4. The first kappa shape index (κ1) is 20.1. The van der Waals surface area contributed by atoms with Gasteiger partial charge >= 0.3 is 5.97 Å². The number of amides is 1. The molecule has 6 heteroatoms. The third kappa shape index (κ3) is 3.69. The van der Waals surface area contributed by atoms with Gasteiger partial charge in [0.05, 0.1) is 5.56 Å². The zero-order chi connectivity index (χ0) is 21.3. The number of carbonyl (C=O) groups is 2. The first-order valence-electron chi connectivity index (χ1n) is 8.81. The topological polar surface area (TPSA) is 66.8 Å². The predicted octanol–water partition coefficient (Wildman–Crippen LogP) is 4.70. The van der Waals surface area contributed by atoms with Gasteiger partial charge in [0.15, 0.2) is 0 Å². The first-order valence-corrected chi connectivity index (χ1v) is 8.81. The Labute approximate surface area is 168 Å². The lowest BCUT2D eigenvalue weighted by atomic mass is 9.89. The van der Waals surface area contributed by atoms with Crippen LogP contribution in [0.2, 0.25) is 0 Å². The quantitative estimate of drug-likeness (QED) is 0.748. The van der Waals surface area contributed by atoms with Crippen molar-refractivity contribution in [2.24, 2.45) is 0 Å². The summed E-state index contributed by atoms with van der Waals surface area (Å²) in [5.74, 6) is -1.68. The lowest BCUT2D eigenvalue weighted by Crippen LogP contribution is -2.22. The van der Waals surface area contributed by atoms with Gasteiger partial charge in [-0.3, -0.25) is 4.79 Å². The van der Waals surface area contributed by atoms with E-state index in [-0.39, 0.29) is 29.2 Å². The van der Waals surface area contributed by atoms with Gasteiger partial charge in [0.25, 0.3) is 5.91 Å². The van der Waals surface area contributed by atoms with Crippen molar-refractivity contribution in [3.8, 4) is 16.9 Å². The minimum Gasteiger partial charge on any atom is -0.488 e. The fourth-order valence-corrected chi connectivity index (χ4v) is 3.28. The molecule has 0 bridgehead atoms. The molecule has 1 aliphatic heterocycles. The van der Waals surface area contributed by atoms with Gasteiger partial charge in [0.2, 0.25) is 0 Å². The van der Waals surface area contributed by atoms with Gasteiger partial charge in [0.1, 0.15) is 18.2 Å². The lowest BCUT2D eigenvalue weighted by molar-refractivity contribution is 0.0696. The van der Waals surface area contributed by atoms with Crippen LogP contribution in [0.3, 0.4) is 0 Å². The molecule has 5 nitrogen and oxygen atoms in total. The number of carboxylic acid groups (broad SMARTS) is 1. The number of carbonyl (C=O) groups excluding carboxylic acids is 1. The normalized spacial score (nSPS) is 12.3. The molecule has 0 unspecified atom stereocenters. The molecule has 1 N–H and O–H groups in total. The Balaban J connectivity index is 2.19. The number of nitrogens with zero attached hydrogens (tertiary/aromatic N) is 1. The second-order valence-electron chi connectivity index (χ2n) is 6.78. The van der Waals surface area contributed by atoms with Crippen molar-refractivity contribution in [3.05, 3.63) is 83.7 Å². The second-order valence-corrected chi connectivity index (χ2v) is 6.78. The predicted molar refractivity (Wildman–Crippen MR) is 110 cm³/mol. The van der Waals surface area contributed by atoms with Crippen LogP contribution in [-0.4, -0.2) is 36.0 Å². The van der Waals surface area contributed by atoms with Crippen LogP contribution >= 0.6 is 0 Å². The van der Waals surface area contributed by atoms with Gasteiger partial charge in [-0.15, -0.1) is 0 Å². The van der Waals surface area contributed by atoms with E-state index in [0.717, 1.165) is 11.1 Å². The average Bonchev–Trinajstić information content (AvgIpc) is 2.69. The van der Waals surface area contributed by atoms with E-state index < -0.39 is 11.8 Å². The van der Waals surface area contributed by atoms with Gasteiger partial charge in [-0.1, -0.05) is 31.4 Å². The molecule has 1 heterocycles. The zero-order valence-corrected chi connectivity index (χ0v) is 16.2. The molecule has 1 aliphatic rings. The van der Waals surface area contributed by atoms with E-state index in [2.05, 4.69) is 13.2 Å². The van der Waals surface area contributed by atoms with Crippen LogP contribution in [-0.2, 0) is 6.61 Å². The van der Waals surface area contributed by atoms with Crippen LogP contribution in [0.4, 0.5) is 4.39 Å². The van der Waals surface area contributed by atoms with Gasteiger partial charge < -0.3 is 14.7 Å². The fraction of sp³-hybridized carbons (Fsp3) is 0.130. The summed E-state index contributed by atoms with van der Waals surface area (Å²) in [6.45, 7) is 7.04. The third-order valence-electron chi connectivity index (χ3n) is 4.65. The Morgan fingerprint density at radius 2 is 1.90 bits per heavy atom. The second kappa shape index (κ2) is 7.75. The molecule has 29 heavy (non-hydrogen) atoms. The molecule has 1 amide bonds. The van der Waals surface area contributed by atoms with E-state index in [1.165, 1.54) is 29.2 Å². The van der Waals surface area contributed by atoms with E-state index >= 15 is 0 Å². The molecule has 0 aliphatic carbocycles. The SMILES string of the molecule is C=C/C=C(\C(=C)F)c1cc2c(cc1C(=O)O)-c1ccc(C(=O)N(C)C)cc1CO2. The van der Waals surface area contributed by atoms with Crippen LogP contribution in [0.5, 0.6) is 5.75 Å². The van der Waals surface area contributed by atoms with Crippen LogP contribution < -0.4 is 4.74 Å². The summed E-state index contributed by atoms with van der Waals surface area (Å²) in [5, 5.41) is 9.70. The largest absolute Gasteiger partial charge is 0.488 e. The Kier molecular flexibility index (Phi) is 5.37. The summed E-state index contributed by atoms with van der Waals surface area (Å²) in [6, 6.07) is 8.16. The summed E-state index contributed by atoms with van der Waals surface area (Å²) in [6.07, 6.45) is 2.73. The van der Waals surface area contributed by atoms with Gasteiger partial charge in [-0.25, -0.2) is 9.18 Å². The van der Waals surface area contributed by atoms with Gasteiger partial charge in [-0.2, -0.15) is 0 Å². The monoisotopic (exact) mass is 393 g/mol. The molecular weight excluding hydrogens is 373 g/mol. The van der Waals surface area contributed by atoms with Crippen LogP contribution in [0.25, 0.3) is 16.7 Å². The van der Waals surface area contributed by atoms with Gasteiger partial charge in [-0.05, 0) is 35.4 Å². The number of hydrogen-bond acceptors (Lipinski definition) is 3. The van der Waals surface area contributed by atoms with E-state index in [1.807, 2.05) is 0 Å². The highest BCUT2D eigenvalue weighted by atomic mass is 19.1. The van der Waals surface area contributed by atoms with Crippen molar-refractivity contribution >= 4 is 17.4 Å². The molecule has 0 atom stereocenters. The molecule has 0 saturated carbocycles. The number of benzene rings is 2. The number of hydrogen-bond donors (Lipinski definition) is 1. The van der Waals surface area contributed by atoms with E-state index in [9.17, 15) is 19.1 Å². The number of allylic oxidation sites excluding steroid dienone is 4. The zero-order valence-electron chi connectivity index (χ0n) is 16.2. The fourth-order valence-electron chi connectivity index (χ4n) is 3.28. The van der Waals surface area contributed by atoms with Gasteiger partial charge in [0, 0.05) is 36.4 Å². The summed E-state index contributed by atoms with van der Waals surface area (Å²) in [7, 11) is 3.34. The molecule has 0 spiro atoms. The minimum absolute atomic E-state index is 0.0292. The maximum absolute atomic E-state index is 14.0. The molecule has 148 valence electrons. The Morgan fingerprint density at radius 3 is 2.48 bits per heavy atom. The maximum atomic E-state index is 14.0. The third-order valence-corrected chi connectivity index (χ3v) is 4.65. The standard InChI is InChI=1S/C23H20FNO4/c1-5-6-16(13(2)24)18-11-21-19(10-20(18)23(27)28)17-8-7-14(22(26)25(3)4)9-15(17)12-29-21/h5-11H,1-2,12H2,3-4H3,(H,27,28)/b16-6+. The molecule has 0 radical (unpaired) electrons. The molecule has 0 saturated heterocycles. The summed E-state index contributed by atoms with van der Waals surface area (Å²) in [4.78, 5) is 25.6. The highest BCUT2D eigenvalue weighted by molar-refractivity contribution is 6.00. The molecule has 0 aromatic heterocycles. The summed E-state index contributed by atoms with van der Waals surface area (Å²) < 4.78 is 19.8. The minimum atomic E-state index is -1.20. The molecule has 2 aromatic rings. The number of halogens is 1. The van der Waals surface area contributed by atoms with Crippen LogP contribution in [0.1, 0.15) is 31.8 Å². The first-order chi connectivity index (χ1) is 13.7. The van der Waals surface area contributed by atoms with Crippen molar-refractivity contribution in [2.45, 2.75) is 6.61 Å². The summed E-state index contributed by atoms with van der Waals surface area (Å²) >= 11 is 0. The van der Waals surface area contributed by atoms with E-state index in [4.69, 9.17) is 4.74 Å². The number of fused-ring (bicyclic) bond motifs is 3. The van der Waals surface area contributed by atoms with Crippen LogP contribution in [0.15, 0.2) is 61.5 Å². The molecule has 3 rings (SSSR count). The highest BCUT2D eigenvalue weighted by Crippen LogP contribution is 2.42. The average molecular weight is 393 g/mol. The van der Waals surface area contributed by atoms with E-state index in [1.54, 1.807) is 32.3 Å². The smallest absolute Gasteiger partial charge is 0.336 e. The molecule has 2 aromatic carbocycles. The highest BCUT2D eigenvalue weighted by Gasteiger charge is 2.25. The Hall–Kier alpha value is -3.67. The molecule has 0 fully saturated rings. The van der Waals surface area contributed by atoms with Crippen molar-refractivity contribution in [1.82, 2.24) is 4.90 Å². The number of ether oxygens (including phenoxy) is 1. The Bertz CT molecular complexity index is 1080. The Morgan fingerprint density at radius 1 is 1.17 bits per heavy atom. The maximum Gasteiger partial charge on any atom is 0.336 e. The van der Waals surface area contributed by atoms with E-state index in [0.29, 0.717) is 16.9 Å². The van der Waals surface area contributed by atoms with Crippen molar-refractivity contribution in [2.75, 3.05) is 14.1 Å². The lowest BCUT2D eigenvalue weighted by Gasteiger charge is -2.24. The number of carboxylic acids is 1. The van der Waals surface area contributed by atoms with Crippen molar-refractivity contribution in [3.63, 3.8) is 0 Å². The number of aromatic carboxylic acids is 1. The van der Waals surface area contributed by atoms with Crippen LogP contribution in [0, 0.1) is 0 Å². The summed E-state index contributed by atoms with van der Waals surface area (Å²) in [5.41, 5.74) is 2.73. The van der Waals surface area contributed by atoms with Crippen molar-refractivity contribution in [1.29, 1.82) is 0 Å².